The molecular weight excluding hydrogens is 219 g/mol. The third-order valence-electron chi connectivity index (χ3n) is 1.71. The van der Waals surface area contributed by atoms with E-state index in [1.54, 1.807) is 0 Å². The van der Waals surface area contributed by atoms with Crippen LogP contribution in [-0.4, -0.2) is 28.7 Å². The molecule has 0 bridgehead atoms. The fraction of sp³-hybridized carbons (Fsp3) is 0.875. The summed E-state index contributed by atoms with van der Waals surface area (Å²) < 4.78 is 16.1. The summed E-state index contributed by atoms with van der Waals surface area (Å²) in [6, 6.07) is 0. The smallest absolute Gasteiger partial charge is 0.335 e. The summed E-state index contributed by atoms with van der Waals surface area (Å²) in [7, 11) is -3.74. The first-order chi connectivity index (χ1) is 6.87. The highest BCUT2D eigenvalue weighted by Crippen LogP contribution is 2.41. The molecule has 6 nitrogen and oxygen atoms in total. The van der Waals surface area contributed by atoms with Gasteiger partial charge in [-0.05, 0) is 18.8 Å². The van der Waals surface area contributed by atoms with Crippen LogP contribution in [0, 0.1) is 5.92 Å². The summed E-state index contributed by atoms with van der Waals surface area (Å²) in [4.78, 5) is 9.24. The van der Waals surface area contributed by atoms with Gasteiger partial charge in [0.05, 0.1) is 6.61 Å². The van der Waals surface area contributed by atoms with E-state index >= 15 is 0 Å². The van der Waals surface area contributed by atoms with E-state index in [0.29, 0.717) is 5.92 Å². The minimum Gasteiger partial charge on any atom is -0.409 e. The highest BCUT2D eigenvalue weighted by Gasteiger charge is 2.21. The molecule has 0 aromatic rings. The molecule has 0 aliphatic rings. The molecule has 0 aliphatic heterocycles. The van der Waals surface area contributed by atoms with Crippen LogP contribution in [0.2, 0.25) is 0 Å². The predicted octanol–water partition coefficient (Wildman–Crippen LogP) is 1.37. The van der Waals surface area contributed by atoms with Crippen molar-refractivity contribution in [1.82, 2.24) is 0 Å². The van der Waals surface area contributed by atoms with Crippen molar-refractivity contribution in [2.75, 3.05) is 12.8 Å². The van der Waals surface area contributed by atoms with Gasteiger partial charge in [0.1, 0.15) is 6.16 Å². The molecule has 7 heteroatoms. The van der Waals surface area contributed by atoms with Gasteiger partial charge >= 0.3 is 7.60 Å². The molecule has 0 spiro atoms. The Morgan fingerprint density at radius 1 is 1.60 bits per heavy atom. The minimum absolute atomic E-state index is 0.213. The normalized spacial score (nSPS) is 16.7. The van der Waals surface area contributed by atoms with Crippen molar-refractivity contribution in [2.45, 2.75) is 26.7 Å². The number of oxime groups is 1. The summed E-state index contributed by atoms with van der Waals surface area (Å²) in [6.07, 6.45) is 1.22. The first-order valence-electron chi connectivity index (χ1n) is 4.80. The molecule has 0 amide bonds. The van der Waals surface area contributed by atoms with Crippen LogP contribution in [0.25, 0.3) is 0 Å². The van der Waals surface area contributed by atoms with Gasteiger partial charge in [0, 0.05) is 0 Å². The fourth-order valence-corrected chi connectivity index (χ4v) is 1.96. The first kappa shape index (κ1) is 14.4. The average Bonchev–Trinajstić information content (AvgIpc) is 2.11. The van der Waals surface area contributed by atoms with Crippen molar-refractivity contribution in [2.24, 2.45) is 16.8 Å². The molecule has 4 N–H and O–H groups in total. The van der Waals surface area contributed by atoms with Crippen molar-refractivity contribution in [3.05, 3.63) is 0 Å². The lowest BCUT2D eigenvalue weighted by atomic mass is 10.1. The van der Waals surface area contributed by atoms with Gasteiger partial charge in [-0.1, -0.05) is 19.0 Å². The third kappa shape index (κ3) is 8.42. The Morgan fingerprint density at radius 3 is 2.67 bits per heavy atom. The SMILES string of the molecule is CC(C)CCCOP(=O)(O)CC(N)=NO. The van der Waals surface area contributed by atoms with Gasteiger partial charge in [-0.2, -0.15) is 0 Å². The van der Waals surface area contributed by atoms with Crippen molar-refractivity contribution in [1.29, 1.82) is 0 Å². The molecule has 1 atom stereocenters. The van der Waals surface area contributed by atoms with E-state index in [2.05, 4.69) is 19.0 Å². The van der Waals surface area contributed by atoms with Crippen molar-refractivity contribution in [3.63, 3.8) is 0 Å². The quantitative estimate of drug-likeness (QED) is 0.155. The van der Waals surface area contributed by atoms with Crippen LogP contribution < -0.4 is 5.73 Å². The number of nitrogens with zero attached hydrogens (tertiary/aromatic N) is 1. The number of rotatable bonds is 7. The zero-order valence-corrected chi connectivity index (χ0v) is 9.98. The highest BCUT2D eigenvalue weighted by molar-refractivity contribution is 7.53. The summed E-state index contributed by atoms with van der Waals surface area (Å²) in [6.45, 7) is 4.34. The van der Waals surface area contributed by atoms with Gasteiger partial charge in [-0.15, -0.1) is 0 Å². The van der Waals surface area contributed by atoms with Crippen LogP contribution in [0.5, 0.6) is 0 Å². The molecule has 0 heterocycles. The first-order valence-corrected chi connectivity index (χ1v) is 6.56. The van der Waals surface area contributed by atoms with E-state index in [4.69, 9.17) is 15.5 Å². The lowest BCUT2D eigenvalue weighted by Gasteiger charge is -2.11. The molecular formula is C8H19N2O4P. The van der Waals surface area contributed by atoms with Crippen LogP contribution in [0.3, 0.4) is 0 Å². The molecule has 1 unspecified atom stereocenters. The molecule has 0 saturated heterocycles. The maximum Gasteiger partial charge on any atom is 0.335 e. The van der Waals surface area contributed by atoms with Gasteiger partial charge in [-0.25, -0.2) is 0 Å². The fourth-order valence-electron chi connectivity index (χ4n) is 0.981. The van der Waals surface area contributed by atoms with Crippen molar-refractivity contribution < 1.29 is 19.2 Å². The minimum atomic E-state index is -3.74. The predicted molar refractivity (Wildman–Crippen MR) is 58.1 cm³/mol. The Hall–Kier alpha value is -0.580. The Balaban J connectivity index is 3.80. The monoisotopic (exact) mass is 238 g/mol. The van der Waals surface area contributed by atoms with E-state index in [-0.39, 0.29) is 12.4 Å². The number of amidine groups is 1. The maximum absolute atomic E-state index is 11.3. The van der Waals surface area contributed by atoms with Crippen LogP contribution in [0.15, 0.2) is 5.16 Å². The molecule has 0 aliphatic carbocycles. The average molecular weight is 238 g/mol. The lowest BCUT2D eigenvalue weighted by Crippen LogP contribution is -2.17. The zero-order chi connectivity index (χ0) is 11.9. The molecule has 0 saturated carbocycles. The third-order valence-corrected chi connectivity index (χ3v) is 3.02. The largest absolute Gasteiger partial charge is 0.409 e. The van der Waals surface area contributed by atoms with Crippen LogP contribution in [-0.2, 0) is 9.09 Å². The number of nitrogens with two attached hydrogens (primary N) is 1. The van der Waals surface area contributed by atoms with Crippen LogP contribution in [0.4, 0.5) is 0 Å². The van der Waals surface area contributed by atoms with E-state index < -0.39 is 13.8 Å². The molecule has 0 rings (SSSR count). The second-order valence-corrected chi connectivity index (χ2v) is 5.61. The van der Waals surface area contributed by atoms with Crippen LogP contribution >= 0.6 is 7.60 Å². The van der Waals surface area contributed by atoms with Gasteiger partial charge in [0.2, 0.25) is 0 Å². The summed E-state index contributed by atoms with van der Waals surface area (Å²) in [5.74, 6) is 0.237. The van der Waals surface area contributed by atoms with Gasteiger partial charge in [0.15, 0.2) is 5.84 Å². The molecule has 0 fully saturated rings. The van der Waals surface area contributed by atoms with Crippen molar-refractivity contribution >= 4 is 13.4 Å². The second-order valence-electron chi connectivity index (χ2n) is 3.76. The Kier molecular flexibility index (Phi) is 6.56. The topological polar surface area (TPSA) is 105 Å². The van der Waals surface area contributed by atoms with E-state index in [9.17, 15) is 9.46 Å². The lowest BCUT2D eigenvalue weighted by molar-refractivity contribution is 0.251. The van der Waals surface area contributed by atoms with E-state index in [1.165, 1.54) is 0 Å². The van der Waals surface area contributed by atoms with E-state index in [0.717, 1.165) is 12.8 Å². The Labute approximate surface area is 89.6 Å². The molecule has 0 radical (unpaired) electrons. The summed E-state index contributed by atoms with van der Waals surface area (Å²) >= 11 is 0. The van der Waals surface area contributed by atoms with Crippen LogP contribution in [0.1, 0.15) is 26.7 Å². The zero-order valence-electron chi connectivity index (χ0n) is 9.09. The Morgan fingerprint density at radius 2 is 2.20 bits per heavy atom. The summed E-state index contributed by atoms with van der Waals surface area (Å²) in [5, 5.41) is 10.8. The standard InChI is InChI=1S/C8H19N2O4P/c1-7(2)4-3-5-14-15(12,13)6-8(9)10-11/h7,11H,3-6H2,1-2H3,(H2,9,10)(H,12,13). The van der Waals surface area contributed by atoms with Gasteiger partial charge < -0.3 is 20.4 Å². The van der Waals surface area contributed by atoms with Gasteiger partial charge in [0.25, 0.3) is 0 Å². The van der Waals surface area contributed by atoms with Gasteiger partial charge in [-0.3, -0.25) is 4.57 Å². The Bertz CT molecular complexity index is 255. The molecule has 90 valence electrons. The second kappa shape index (κ2) is 6.82. The molecule has 0 aromatic heterocycles. The van der Waals surface area contributed by atoms with Crippen molar-refractivity contribution in [3.8, 4) is 0 Å². The maximum atomic E-state index is 11.3. The summed E-state index contributed by atoms with van der Waals surface area (Å²) in [5.41, 5.74) is 5.10. The molecule has 15 heavy (non-hydrogen) atoms. The number of hydrogen-bond acceptors (Lipinski definition) is 4. The molecule has 0 aromatic carbocycles. The van der Waals surface area contributed by atoms with E-state index in [1.807, 2.05) is 0 Å². The number of hydrogen-bond donors (Lipinski definition) is 3. The highest BCUT2D eigenvalue weighted by atomic mass is 31.2.